The first-order chi connectivity index (χ1) is 13.5. The molecule has 0 aliphatic rings. The van der Waals surface area contributed by atoms with E-state index in [4.69, 9.17) is 11.5 Å². The molecule has 0 saturated heterocycles. The molecule has 2 aromatic heterocycles. The predicted molar refractivity (Wildman–Crippen MR) is 107 cm³/mol. The van der Waals surface area contributed by atoms with Crippen molar-refractivity contribution in [3.63, 3.8) is 0 Å². The van der Waals surface area contributed by atoms with Crippen LogP contribution in [-0.2, 0) is 4.79 Å². The number of rotatable bonds is 8. The van der Waals surface area contributed by atoms with Gasteiger partial charge in [0.2, 0.25) is 5.91 Å². The van der Waals surface area contributed by atoms with Gasteiger partial charge in [0.15, 0.2) is 11.5 Å². The summed E-state index contributed by atoms with van der Waals surface area (Å²) >= 11 is 0. The topological polar surface area (TPSA) is 149 Å². The van der Waals surface area contributed by atoms with Gasteiger partial charge in [-0.05, 0) is 30.0 Å². The molecule has 3 rings (SSSR count). The number of nitrogens with one attached hydrogen (secondary N) is 2. The lowest BCUT2D eigenvalue weighted by Crippen LogP contribution is -2.35. The molecule has 0 spiro atoms. The molecular formula is C19H21N7O2. The highest BCUT2D eigenvalue weighted by Gasteiger charge is 2.18. The summed E-state index contributed by atoms with van der Waals surface area (Å²) in [5.41, 5.74) is 11.5. The average Bonchev–Trinajstić information content (AvgIpc) is 2.67. The number of carbonyl (C=O) groups excluding carboxylic acids is 2. The van der Waals surface area contributed by atoms with Crippen molar-refractivity contribution in [1.29, 1.82) is 0 Å². The third-order valence-corrected chi connectivity index (χ3v) is 4.15. The molecule has 1 unspecified atom stereocenters. The summed E-state index contributed by atoms with van der Waals surface area (Å²) in [5, 5.41) is 7.97. The molecule has 144 valence electrons. The molecule has 2 amide bonds. The molecule has 3 aromatic rings. The van der Waals surface area contributed by atoms with Crippen LogP contribution < -0.4 is 22.1 Å². The minimum atomic E-state index is -0.716. The number of anilines is 3. The van der Waals surface area contributed by atoms with Gasteiger partial charge in [-0.1, -0.05) is 19.4 Å². The summed E-state index contributed by atoms with van der Waals surface area (Å²) in [6.07, 6.45) is 6.13. The number of pyridine rings is 1. The van der Waals surface area contributed by atoms with E-state index in [9.17, 15) is 9.59 Å². The fourth-order valence-corrected chi connectivity index (χ4v) is 2.78. The van der Waals surface area contributed by atoms with E-state index in [2.05, 4.69) is 25.6 Å². The van der Waals surface area contributed by atoms with Gasteiger partial charge in [-0.2, -0.15) is 0 Å². The lowest BCUT2D eigenvalue weighted by atomic mass is 10.1. The van der Waals surface area contributed by atoms with Gasteiger partial charge in [-0.15, -0.1) is 0 Å². The van der Waals surface area contributed by atoms with Crippen molar-refractivity contribution in [1.82, 2.24) is 15.0 Å². The molecule has 28 heavy (non-hydrogen) atoms. The largest absolute Gasteiger partial charge is 0.368 e. The molecule has 9 heteroatoms. The number of carbonyl (C=O) groups is 2. The minimum absolute atomic E-state index is 0.00788. The van der Waals surface area contributed by atoms with E-state index < -0.39 is 17.9 Å². The Morgan fingerprint density at radius 2 is 1.96 bits per heavy atom. The van der Waals surface area contributed by atoms with Gasteiger partial charge >= 0.3 is 0 Å². The van der Waals surface area contributed by atoms with Crippen LogP contribution in [-0.4, -0.2) is 32.8 Å². The van der Waals surface area contributed by atoms with Gasteiger partial charge in [-0.25, -0.2) is 9.97 Å². The average molecular weight is 379 g/mol. The maximum atomic E-state index is 11.7. The van der Waals surface area contributed by atoms with Crippen molar-refractivity contribution in [2.45, 2.75) is 25.8 Å². The van der Waals surface area contributed by atoms with E-state index in [-0.39, 0.29) is 11.5 Å². The molecule has 1 atom stereocenters. The van der Waals surface area contributed by atoms with Crippen LogP contribution in [0.15, 0.2) is 42.9 Å². The molecule has 0 saturated carbocycles. The Morgan fingerprint density at radius 3 is 2.68 bits per heavy atom. The van der Waals surface area contributed by atoms with Crippen LogP contribution in [0.25, 0.3) is 10.8 Å². The molecule has 2 heterocycles. The van der Waals surface area contributed by atoms with Crippen LogP contribution in [0.5, 0.6) is 0 Å². The molecule has 9 nitrogen and oxygen atoms in total. The number of hydrogen-bond donors (Lipinski definition) is 4. The normalized spacial score (nSPS) is 11.8. The number of nitrogens with two attached hydrogens (primary N) is 2. The second-order valence-corrected chi connectivity index (χ2v) is 6.27. The highest BCUT2D eigenvalue weighted by Crippen LogP contribution is 2.23. The van der Waals surface area contributed by atoms with E-state index in [1.807, 2.05) is 31.2 Å². The Labute approximate surface area is 161 Å². The summed E-state index contributed by atoms with van der Waals surface area (Å²) in [5.74, 6) is -0.702. The van der Waals surface area contributed by atoms with Gasteiger partial charge in [0.05, 0.1) is 6.20 Å². The van der Waals surface area contributed by atoms with E-state index in [1.165, 1.54) is 6.20 Å². The van der Waals surface area contributed by atoms with E-state index in [1.54, 1.807) is 12.4 Å². The van der Waals surface area contributed by atoms with Gasteiger partial charge in [-0.3, -0.25) is 14.6 Å². The Hall–Kier alpha value is -3.75. The summed E-state index contributed by atoms with van der Waals surface area (Å²) < 4.78 is 0. The fraction of sp³-hybridized carbons (Fsp3) is 0.211. The summed E-state index contributed by atoms with van der Waals surface area (Å²) in [6.45, 7) is 1.95. The lowest BCUT2D eigenvalue weighted by molar-refractivity contribution is -0.118. The number of hydrogen-bond acceptors (Lipinski definition) is 7. The summed E-state index contributed by atoms with van der Waals surface area (Å²) in [7, 11) is 0. The number of benzene rings is 1. The number of primary amides is 2. The maximum Gasteiger partial charge on any atom is 0.271 e. The first-order valence-electron chi connectivity index (χ1n) is 8.81. The van der Waals surface area contributed by atoms with E-state index >= 15 is 0 Å². The molecule has 0 aliphatic heterocycles. The second-order valence-electron chi connectivity index (χ2n) is 6.27. The van der Waals surface area contributed by atoms with Crippen LogP contribution in [0.1, 0.15) is 30.3 Å². The number of fused-ring (bicyclic) bond motifs is 1. The van der Waals surface area contributed by atoms with Crippen LogP contribution in [0.2, 0.25) is 0 Å². The standard InChI is InChI=1S/C19H21N7O2/c1-2-3-14(17(20)27)25-15-10-23-16(18(21)28)19(26-15)24-13-5-4-12-9-22-7-6-11(12)8-13/h4-10,14H,2-3H2,1H3,(H2,20,27)(H2,21,28)(H2,24,25,26). The first-order valence-corrected chi connectivity index (χ1v) is 8.81. The monoisotopic (exact) mass is 379 g/mol. The van der Waals surface area contributed by atoms with Crippen LogP contribution in [0, 0.1) is 0 Å². The second kappa shape index (κ2) is 8.30. The van der Waals surface area contributed by atoms with Gasteiger partial charge in [0, 0.05) is 23.5 Å². The summed E-state index contributed by atoms with van der Waals surface area (Å²) in [6, 6.07) is 6.92. The number of amides is 2. The van der Waals surface area contributed by atoms with Crippen molar-refractivity contribution in [2.24, 2.45) is 11.5 Å². The molecule has 0 aliphatic carbocycles. The van der Waals surface area contributed by atoms with Crippen molar-refractivity contribution in [3.8, 4) is 0 Å². The van der Waals surface area contributed by atoms with E-state index in [0.717, 1.165) is 17.2 Å². The Bertz CT molecular complexity index is 1020. The number of nitrogens with zero attached hydrogens (tertiary/aromatic N) is 3. The van der Waals surface area contributed by atoms with Crippen LogP contribution >= 0.6 is 0 Å². The molecule has 0 bridgehead atoms. The van der Waals surface area contributed by atoms with Crippen molar-refractivity contribution < 1.29 is 9.59 Å². The fourth-order valence-electron chi connectivity index (χ4n) is 2.78. The van der Waals surface area contributed by atoms with E-state index in [0.29, 0.717) is 17.9 Å². The third kappa shape index (κ3) is 4.32. The quantitative estimate of drug-likeness (QED) is 0.467. The molecule has 0 fully saturated rings. The highest BCUT2D eigenvalue weighted by atomic mass is 16.1. The highest BCUT2D eigenvalue weighted by molar-refractivity contribution is 5.97. The summed E-state index contributed by atoms with van der Waals surface area (Å²) in [4.78, 5) is 35.9. The maximum absolute atomic E-state index is 11.7. The molecular weight excluding hydrogens is 358 g/mol. The predicted octanol–water partition coefficient (Wildman–Crippen LogP) is 1.93. The third-order valence-electron chi connectivity index (χ3n) is 4.15. The van der Waals surface area contributed by atoms with Crippen molar-refractivity contribution >= 4 is 39.9 Å². The van der Waals surface area contributed by atoms with Crippen LogP contribution in [0.3, 0.4) is 0 Å². The molecule has 1 aromatic carbocycles. The van der Waals surface area contributed by atoms with Gasteiger partial charge in [0.1, 0.15) is 11.9 Å². The minimum Gasteiger partial charge on any atom is -0.368 e. The molecule has 0 radical (unpaired) electrons. The molecule has 6 N–H and O–H groups in total. The Kier molecular flexibility index (Phi) is 5.64. The zero-order valence-corrected chi connectivity index (χ0v) is 15.3. The van der Waals surface area contributed by atoms with Gasteiger partial charge < -0.3 is 22.1 Å². The first kappa shape index (κ1) is 19.0. The Morgan fingerprint density at radius 1 is 1.14 bits per heavy atom. The van der Waals surface area contributed by atoms with Crippen molar-refractivity contribution in [3.05, 3.63) is 48.5 Å². The zero-order valence-electron chi connectivity index (χ0n) is 15.3. The lowest BCUT2D eigenvalue weighted by Gasteiger charge is -2.16. The number of aromatic nitrogens is 3. The van der Waals surface area contributed by atoms with Crippen molar-refractivity contribution in [2.75, 3.05) is 10.6 Å². The Balaban J connectivity index is 1.92. The SMILES string of the molecule is CCCC(Nc1cnc(C(N)=O)c(Nc2ccc3cnccc3c2)n1)C(N)=O. The zero-order chi connectivity index (χ0) is 20.1. The van der Waals surface area contributed by atoms with Crippen LogP contribution in [0.4, 0.5) is 17.3 Å². The van der Waals surface area contributed by atoms with Gasteiger partial charge in [0.25, 0.3) is 5.91 Å². The smallest absolute Gasteiger partial charge is 0.271 e.